The first-order valence-corrected chi connectivity index (χ1v) is 5.48. The number of aryl methyl sites for hydroxylation is 1. The quantitative estimate of drug-likeness (QED) is 0.636. The van der Waals surface area contributed by atoms with Gasteiger partial charge in [0.2, 0.25) is 0 Å². The molecule has 2 aromatic heterocycles. The molecule has 0 aliphatic carbocycles. The predicted octanol–water partition coefficient (Wildman–Crippen LogP) is 1.59. The molecule has 0 unspecified atom stereocenters. The first kappa shape index (κ1) is 10.6. The van der Waals surface area contributed by atoms with Crippen LogP contribution in [0.1, 0.15) is 15.9 Å². The number of carbonyl (C=O) groups excluding carboxylic acids is 1. The highest BCUT2D eigenvalue weighted by Gasteiger charge is 2.11. The van der Waals surface area contributed by atoms with E-state index < -0.39 is 0 Å². The largest absolute Gasteiger partial charge is 0.288 e. The molecular formula is C13H10N4O. The molecule has 3 aromatic rings. The third-order valence-electron chi connectivity index (χ3n) is 2.70. The van der Waals surface area contributed by atoms with Gasteiger partial charge in [0.15, 0.2) is 5.78 Å². The van der Waals surface area contributed by atoms with E-state index >= 15 is 0 Å². The smallest absolute Gasteiger partial charge is 0.196 e. The number of benzene rings is 1. The van der Waals surface area contributed by atoms with Crippen molar-refractivity contribution in [1.29, 1.82) is 0 Å². The summed E-state index contributed by atoms with van der Waals surface area (Å²) in [5, 5.41) is 3.99. The Morgan fingerprint density at radius 3 is 2.61 bits per heavy atom. The van der Waals surface area contributed by atoms with Gasteiger partial charge in [0, 0.05) is 31.2 Å². The Bertz CT molecular complexity index is 732. The highest BCUT2D eigenvalue weighted by atomic mass is 16.1. The third kappa shape index (κ3) is 1.75. The first-order chi connectivity index (χ1) is 8.74. The molecule has 0 fully saturated rings. The summed E-state index contributed by atoms with van der Waals surface area (Å²) in [5.74, 6) is -0.0596. The van der Waals surface area contributed by atoms with Crippen molar-refractivity contribution in [2.24, 2.45) is 7.05 Å². The summed E-state index contributed by atoms with van der Waals surface area (Å²) in [6.07, 6.45) is 6.50. The van der Waals surface area contributed by atoms with Gasteiger partial charge in [-0.2, -0.15) is 5.10 Å². The van der Waals surface area contributed by atoms with E-state index in [0.717, 1.165) is 5.52 Å². The van der Waals surface area contributed by atoms with Gasteiger partial charge in [0.05, 0.1) is 22.8 Å². The van der Waals surface area contributed by atoms with Gasteiger partial charge < -0.3 is 0 Å². The second-order valence-electron chi connectivity index (χ2n) is 3.99. The number of nitrogens with zero attached hydrogens (tertiary/aromatic N) is 4. The summed E-state index contributed by atoms with van der Waals surface area (Å²) in [4.78, 5) is 20.6. The van der Waals surface area contributed by atoms with Crippen LogP contribution in [0.4, 0.5) is 0 Å². The number of ketones is 1. The van der Waals surface area contributed by atoms with E-state index in [2.05, 4.69) is 15.1 Å². The summed E-state index contributed by atoms with van der Waals surface area (Å²) in [7, 11) is 1.78. The van der Waals surface area contributed by atoms with Crippen molar-refractivity contribution in [3.8, 4) is 0 Å². The maximum absolute atomic E-state index is 12.2. The van der Waals surface area contributed by atoms with Crippen molar-refractivity contribution < 1.29 is 4.79 Å². The zero-order valence-electron chi connectivity index (χ0n) is 9.74. The fourth-order valence-electron chi connectivity index (χ4n) is 1.81. The van der Waals surface area contributed by atoms with E-state index in [1.165, 1.54) is 0 Å². The van der Waals surface area contributed by atoms with Crippen molar-refractivity contribution in [3.63, 3.8) is 0 Å². The minimum atomic E-state index is -0.0596. The van der Waals surface area contributed by atoms with Gasteiger partial charge >= 0.3 is 0 Å². The standard InChI is InChI=1S/C13H10N4O/c1-17-8-10(7-16-17)13(18)9-2-3-11-12(6-9)15-5-4-14-11/h2-8H,1H3. The molecule has 5 nitrogen and oxygen atoms in total. The van der Waals surface area contributed by atoms with Crippen LogP contribution in [-0.2, 0) is 7.05 Å². The fourth-order valence-corrected chi connectivity index (χ4v) is 1.81. The van der Waals surface area contributed by atoms with Crippen LogP contribution in [0, 0.1) is 0 Å². The summed E-state index contributed by atoms with van der Waals surface area (Å²) in [6.45, 7) is 0. The molecule has 0 saturated carbocycles. The summed E-state index contributed by atoms with van der Waals surface area (Å²) in [5.41, 5.74) is 2.66. The Labute approximate surface area is 103 Å². The molecule has 0 radical (unpaired) electrons. The lowest BCUT2D eigenvalue weighted by molar-refractivity contribution is 0.103. The molecule has 0 amide bonds. The summed E-state index contributed by atoms with van der Waals surface area (Å²) < 4.78 is 1.61. The molecule has 2 heterocycles. The van der Waals surface area contributed by atoms with E-state index in [9.17, 15) is 4.79 Å². The van der Waals surface area contributed by atoms with Crippen LogP contribution in [0.5, 0.6) is 0 Å². The van der Waals surface area contributed by atoms with Crippen LogP contribution in [0.15, 0.2) is 43.0 Å². The average Bonchev–Trinajstić information content (AvgIpc) is 2.84. The molecule has 88 valence electrons. The molecule has 18 heavy (non-hydrogen) atoms. The zero-order valence-corrected chi connectivity index (χ0v) is 9.74. The molecule has 3 rings (SSSR count). The number of aromatic nitrogens is 4. The van der Waals surface area contributed by atoms with Crippen molar-refractivity contribution in [2.45, 2.75) is 0 Å². The third-order valence-corrected chi connectivity index (χ3v) is 2.70. The molecule has 5 heteroatoms. The van der Waals surface area contributed by atoms with Crippen LogP contribution < -0.4 is 0 Å². The Balaban J connectivity index is 2.06. The summed E-state index contributed by atoms with van der Waals surface area (Å²) in [6, 6.07) is 5.30. The van der Waals surface area contributed by atoms with Crippen LogP contribution in [0.25, 0.3) is 11.0 Å². The molecule has 0 bridgehead atoms. The monoisotopic (exact) mass is 238 g/mol. The average molecular weight is 238 g/mol. The van der Waals surface area contributed by atoms with Gasteiger partial charge in [-0.3, -0.25) is 19.4 Å². The lowest BCUT2D eigenvalue weighted by Gasteiger charge is -2.00. The Hall–Kier alpha value is -2.56. The van der Waals surface area contributed by atoms with Gasteiger partial charge in [-0.15, -0.1) is 0 Å². The SMILES string of the molecule is Cn1cc(C(=O)c2ccc3nccnc3c2)cn1. The molecule has 0 spiro atoms. The number of hydrogen-bond acceptors (Lipinski definition) is 4. The number of carbonyl (C=O) groups is 1. The molecule has 0 saturated heterocycles. The minimum Gasteiger partial charge on any atom is -0.288 e. The molecule has 0 aliphatic heterocycles. The van der Waals surface area contributed by atoms with Crippen LogP contribution in [0.2, 0.25) is 0 Å². The van der Waals surface area contributed by atoms with Crippen molar-refractivity contribution in [1.82, 2.24) is 19.7 Å². The lowest BCUT2D eigenvalue weighted by atomic mass is 10.1. The fraction of sp³-hybridized carbons (Fsp3) is 0.0769. The highest BCUT2D eigenvalue weighted by Crippen LogP contribution is 2.14. The number of rotatable bonds is 2. The molecule has 0 aliphatic rings. The van der Waals surface area contributed by atoms with E-state index in [-0.39, 0.29) is 5.78 Å². The Morgan fingerprint density at radius 2 is 1.89 bits per heavy atom. The second kappa shape index (κ2) is 4.03. The molecule has 0 N–H and O–H groups in total. The van der Waals surface area contributed by atoms with Gasteiger partial charge in [0.1, 0.15) is 0 Å². The lowest BCUT2D eigenvalue weighted by Crippen LogP contribution is -2.00. The van der Waals surface area contributed by atoms with E-state index in [4.69, 9.17) is 0 Å². The molecular weight excluding hydrogens is 228 g/mol. The maximum atomic E-state index is 12.2. The second-order valence-corrected chi connectivity index (χ2v) is 3.99. The first-order valence-electron chi connectivity index (χ1n) is 5.48. The van der Waals surface area contributed by atoms with E-state index in [1.807, 2.05) is 0 Å². The normalized spacial score (nSPS) is 10.7. The zero-order chi connectivity index (χ0) is 12.5. The number of fused-ring (bicyclic) bond motifs is 1. The van der Waals surface area contributed by atoms with Gasteiger partial charge in [-0.1, -0.05) is 0 Å². The Kier molecular flexibility index (Phi) is 2.37. The van der Waals surface area contributed by atoms with Crippen LogP contribution >= 0.6 is 0 Å². The van der Waals surface area contributed by atoms with Crippen molar-refractivity contribution >= 4 is 16.8 Å². The van der Waals surface area contributed by atoms with E-state index in [1.54, 1.807) is 54.7 Å². The van der Waals surface area contributed by atoms with Crippen molar-refractivity contribution in [3.05, 3.63) is 54.1 Å². The summed E-state index contributed by atoms with van der Waals surface area (Å²) >= 11 is 0. The highest BCUT2D eigenvalue weighted by molar-refractivity contribution is 6.09. The Morgan fingerprint density at radius 1 is 1.11 bits per heavy atom. The number of hydrogen-bond donors (Lipinski definition) is 0. The topological polar surface area (TPSA) is 60.7 Å². The van der Waals surface area contributed by atoms with Crippen LogP contribution in [-0.4, -0.2) is 25.5 Å². The molecule has 0 atom stereocenters. The van der Waals surface area contributed by atoms with E-state index in [0.29, 0.717) is 16.6 Å². The minimum absolute atomic E-state index is 0.0596. The molecule has 1 aromatic carbocycles. The van der Waals surface area contributed by atoms with Gasteiger partial charge in [0.25, 0.3) is 0 Å². The maximum Gasteiger partial charge on any atom is 0.196 e. The predicted molar refractivity (Wildman–Crippen MR) is 66.2 cm³/mol. The van der Waals surface area contributed by atoms with Crippen molar-refractivity contribution in [2.75, 3.05) is 0 Å². The van der Waals surface area contributed by atoms with Gasteiger partial charge in [-0.25, -0.2) is 0 Å². The van der Waals surface area contributed by atoms with Crippen LogP contribution in [0.3, 0.4) is 0 Å². The van der Waals surface area contributed by atoms with Gasteiger partial charge in [-0.05, 0) is 18.2 Å².